The highest BCUT2D eigenvalue weighted by Gasteiger charge is 2.08. The zero-order chi connectivity index (χ0) is 14.2. The lowest BCUT2D eigenvalue weighted by Crippen LogP contribution is -2.29. The van der Waals surface area contributed by atoms with Crippen LogP contribution in [0.2, 0.25) is 0 Å². The number of aliphatic hydroxyl groups excluding tert-OH is 1. The number of rotatable bonds is 7. The molecule has 0 aliphatic heterocycles. The van der Waals surface area contributed by atoms with Crippen LogP contribution in [-0.4, -0.2) is 24.8 Å². The molecule has 2 aromatic carbocycles. The molecule has 0 radical (unpaired) electrons. The summed E-state index contributed by atoms with van der Waals surface area (Å²) in [7, 11) is 0. The van der Waals surface area contributed by atoms with Crippen LogP contribution in [0.3, 0.4) is 0 Å². The van der Waals surface area contributed by atoms with Gasteiger partial charge in [0.15, 0.2) is 0 Å². The van der Waals surface area contributed by atoms with E-state index in [1.165, 1.54) is 16.7 Å². The van der Waals surface area contributed by atoms with Gasteiger partial charge in [-0.1, -0.05) is 54.6 Å². The maximum absolute atomic E-state index is 8.81. The Balaban J connectivity index is 2.06. The molecule has 0 saturated carbocycles. The summed E-state index contributed by atoms with van der Waals surface area (Å²) in [5, 5.41) is 12.2. The maximum atomic E-state index is 8.81. The zero-order valence-corrected chi connectivity index (χ0v) is 11.6. The molecule has 20 heavy (non-hydrogen) atoms. The minimum Gasteiger partial charge on any atom is -0.396 e. The van der Waals surface area contributed by atoms with E-state index in [9.17, 15) is 0 Å². The molecule has 1 unspecified atom stereocenters. The topological polar surface area (TPSA) is 58.3 Å². The average molecular weight is 270 g/mol. The summed E-state index contributed by atoms with van der Waals surface area (Å²) in [6.45, 7) is 1.53. The minimum atomic E-state index is 0.145. The van der Waals surface area contributed by atoms with E-state index >= 15 is 0 Å². The molecule has 2 rings (SSSR count). The molecule has 2 aromatic rings. The van der Waals surface area contributed by atoms with E-state index in [-0.39, 0.29) is 12.6 Å². The highest BCUT2D eigenvalue weighted by molar-refractivity contribution is 5.63. The fourth-order valence-corrected chi connectivity index (χ4v) is 2.23. The van der Waals surface area contributed by atoms with Crippen molar-refractivity contribution in [2.45, 2.75) is 12.5 Å². The van der Waals surface area contributed by atoms with Crippen molar-refractivity contribution in [2.24, 2.45) is 5.73 Å². The largest absolute Gasteiger partial charge is 0.396 e. The van der Waals surface area contributed by atoms with Gasteiger partial charge in [0.1, 0.15) is 0 Å². The Hall–Kier alpha value is -1.68. The van der Waals surface area contributed by atoms with Gasteiger partial charge in [0.2, 0.25) is 0 Å². The molecule has 4 N–H and O–H groups in total. The molecule has 3 nitrogen and oxygen atoms in total. The van der Waals surface area contributed by atoms with Gasteiger partial charge >= 0.3 is 0 Å². The van der Waals surface area contributed by atoms with Crippen molar-refractivity contribution in [3.63, 3.8) is 0 Å². The fourth-order valence-electron chi connectivity index (χ4n) is 2.23. The second-order valence-electron chi connectivity index (χ2n) is 4.81. The Kier molecular flexibility index (Phi) is 5.74. The standard InChI is InChI=1S/C17H22N2O/c18-13-17(19-11-4-12-20)16-9-7-15(8-10-16)14-5-2-1-3-6-14/h1-3,5-10,17,19-20H,4,11-13,18H2. The maximum Gasteiger partial charge on any atom is 0.0444 e. The van der Waals surface area contributed by atoms with Gasteiger partial charge in [0, 0.05) is 19.2 Å². The summed E-state index contributed by atoms with van der Waals surface area (Å²) in [4.78, 5) is 0. The van der Waals surface area contributed by atoms with Crippen LogP contribution in [-0.2, 0) is 0 Å². The van der Waals surface area contributed by atoms with Gasteiger partial charge in [0.25, 0.3) is 0 Å². The molecule has 0 amide bonds. The van der Waals surface area contributed by atoms with Crippen molar-refractivity contribution in [1.82, 2.24) is 5.32 Å². The summed E-state index contributed by atoms with van der Waals surface area (Å²) < 4.78 is 0. The number of hydrogen-bond acceptors (Lipinski definition) is 3. The van der Waals surface area contributed by atoms with Gasteiger partial charge in [-0.05, 0) is 29.7 Å². The van der Waals surface area contributed by atoms with Crippen LogP contribution >= 0.6 is 0 Å². The van der Waals surface area contributed by atoms with E-state index in [0.29, 0.717) is 6.54 Å². The van der Waals surface area contributed by atoms with Crippen molar-refractivity contribution >= 4 is 0 Å². The van der Waals surface area contributed by atoms with Gasteiger partial charge in [-0.3, -0.25) is 0 Å². The lowest BCUT2D eigenvalue weighted by molar-refractivity contribution is 0.283. The minimum absolute atomic E-state index is 0.145. The van der Waals surface area contributed by atoms with Crippen molar-refractivity contribution in [3.05, 3.63) is 60.2 Å². The normalized spacial score (nSPS) is 12.3. The first-order chi connectivity index (χ1) is 9.85. The third kappa shape index (κ3) is 3.90. The van der Waals surface area contributed by atoms with E-state index < -0.39 is 0 Å². The fraction of sp³-hybridized carbons (Fsp3) is 0.294. The number of nitrogens with two attached hydrogens (primary N) is 1. The number of nitrogens with one attached hydrogen (secondary N) is 1. The molecule has 0 heterocycles. The summed E-state index contributed by atoms with van der Waals surface area (Å²) in [6.07, 6.45) is 0.749. The van der Waals surface area contributed by atoms with E-state index in [0.717, 1.165) is 13.0 Å². The first kappa shape index (κ1) is 14.7. The van der Waals surface area contributed by atoms with Crippen molar-refractivity contribution in [2.75, 3.05) is 19.7 Å². The molecule has 0 aromatic heterocycles. The van der Waals surface area contributed by atoms with E-state index in [1.807, 2.05) is 18.2 Å². The molecule has 1 atom stereocenters. The van der Waals surface area contributed by atoms with E-state index in [1.54, 1.807) is 0 Å². The van der Waals surface area contributed by atoms with Gasteiger partial charge < -0.3 is 16.2 Å². The van der Waals surface area contributed by atoms with Gasteiger partial charge in [0.05, 0.1) is 0 Å². The smallest absolute Gasteiger partial charge is 0.0444 e. The molecule has 106 valence electrons. The van der Waals surface area contributed by atoms with Crippen LogP contribution in [0.25, 0.3) is 11.1 Å². The quantitative estimate of drug-likeness (QED) is 0.677. The van der Waals surface area contributed by atoms with Crippen LogP contribution in [0.15, 0.2) is 54.6 Å². The molecule has 3 heteroatoms. The SMILES string of the molecule is NCC(NCCCO)c1ccc(-c2ccccc2)cc1. The molecule has 0 aliphatic rings. The Bertz CT molecular complexity index is 496. The van der Waals surface area contributed by atoms with Crippen molar-refractivity contribution in [3.8, 4) is 11.1 Å². The highest BCUT2D eigenvalue weighted by Crippen LogP contribution is 2.21. The molecule has 0 aliphatic carbocycles. The second-order valence-corrected chi connectivity index (χ2v) is 4.81. The van der Waals surface area contributed by atoms with Gasteiger partial charge in [-0.15, -0.1) is 0 Å². The molecule has 0 bridgehead atoms. The van der Waals surface area contributed by atoms with Crippen molar-refractivity contribution < 1.29 is 5.11 Å². The van der Waals surface area contributed by atoms with Crippen LogP contribution in [0.5, 0.6) is 0 Å². The first-order valence-electron chi connectivity index (χ1n) is 7.05. The molecule has 0 fully saturated rings. The third-order valence-corrected chi connectivity index (χ3v) is 3.38. The number of aliphatic hydroxyl groups is 1. The third-order valence-electron chi connectivity index (χ3n) is 3.38. The van der Waals surface area contributed by atoms with E-state index in [4.69, 9.17) is 10.8 Å². The first-order valence-corrected chi connectivity index (χ1v) is 7.05. The van der Waals surface area contributed by atoms with Crippen molar-refractivity contribution in [1.29, 1.82) is 0 Å². The Morgan fingerprint density at radius 2 is 1.60 bits per heavy atom. The predicted molar refractivity (Wildman–Crippen MR) is 83.4 cm³/mol. The van der Waals surface area contributed by atoms with Gasteiger partial charge in [-0.25, -0.2) is 0 Å². The number of hydrogen-bond donors (Lipinski definition) is 3. The van der Waals surface area contributed by atoms with Crippen LogP contribution < -0.4 is 11.1 Å². The highest BCUT2D eigenvalue weighted by atomic mass is 16.3. The lowest BCUT2D eigenvalue weighted by atomic mass is 10.0. The Morgan fingerprint density at radius 3 is 2.20 bits per heavy atom. The number of benzene rings is 2. The predicted octanol–water partition coefficient (Wildman–Crippen LogP) is 2.33. The zero-order valence-electron chi connectivity index (χ0n) is 11.6. The summed E-state index contributed by atoms with van der Waals surface area (Å²) in [5.41, 5.74) is 9.42. The summed E-state index contributed by atoms with van der Waals surface area (Å²) >= 11 is 0. The second kappa shape index (κ2) is 7.80. The lowest BCUT2D eigenvalue weighted by Gasteiger charge is -2.17. The van der Waals surface area contributed by atoms with Crippen LogP contribution in [0.1, 0.15) is 18.0 Å². The molecular weight excluding hydrogens is 248 g/mol. The molecule has 0 saturated heterocycles. The summed E-state index contributed by atoms with van der Waals surface area (Å²) in [6, 6.07) is 19.0. The van der Waals surface area contributed by atoms with Gasteiger partial charge in [-0.2, -0.15) is 0 Å². The Morgan fingerprint density at radius 1 is 0.950 bits per heavy atom. The van der Waals surface area contributed by atoms with Crippen LogP contribution in [0, 0.1) is 0 Å². The molecule has 0 spiro atoms. The monoisotopic (exact) mass is 270 g/mol. The summed E-state index contributed by atoms with van der Waals surface area (Å²) in [5.74, 6) is 0. The van der Waals surface area contributed by atoms with E-state index in [2.05, 4.69) is 41.7 Å². The van der Waals surface area contributed by atoms with Crippen LogP contribution in [0.4, 0.5) is 0 Å². The Labute approximate surface area is 120 Å². The average Bonchev–Trinajstić information content (AvgIpc) is 2.53. The molecular formula is C17H22N2O.